The molecular weight excluding hydrogens is 428 g/mol. The number of benzene rings is 1. The SMILES string of the molecule is CC(C)(C)OC(=O)NC(Cc1nc2ccc(Br)cc2o1)C(=O)NC1(C#N)CC1. The molecule has 0 radical (unpaired) electrons. The quantitative estimate of drug-likeness (QED) is 0.724. The molecule has 9 heteroatoms. The first-order chi connectivity index (χ1) is 13.1. The highest BCUT2D eigenvalue weighted by Crippen LogP contribution is 2.34. The van der Waals surface area contributed by atoms with Gasteiger partial charge in [-0.25, -0.2) is 9.78 Å². The molecule has 1 saturated carbocycles. The molecule has 0 saturated heterocycles. The fraction of sp³-hybridized carbons (Fsp3) is 0.474. The molecule has 2 amide bonds. The van der Waals surface area contributed by atoms with Gasteiger partial charge in [0.1, 0.15) is 22.7 Å². The van der Waals surface area contributed by atoms with Crippen LogP contribution < -0.4 is 10.6 Å². The van der Waals surface area contributed by atoms with Crippen LogP contribution in [0.15, 0.2) is 27.1 Å². The third-order valence-electron chi connectivity index (χ3n) is 4.11. The first kappa shape index (κ1) is 20.1. The molecule has 1 heterocycles. The van der Waals surface area contributed by atoms with E-state index < -0.39 is 29.2 Å². The predicted octanol–water partition coefficient (Wildman–Crippen LogP) is 3.20. The molecule has 1 aromatic heterocycles. The number of carbonyl (C=O) groups is 2. The van der Waals surface area contributed by atoms with Gasteiger partial charge in [0, 0.05) is 4.47 Å². The minimum absolute atomic E-state index is 0.0267. The molecule has 1 aliphatic rings. The molecule has 1 aliphatic carbocycles. The first-order valence-electron chi connectivity index (χ1n) is 8.87. The second kappa shape index (κ2) is 7.43. The van der Waals surface area contributed by atoms with Crippen LogP contribution >= 0.6 is 15.9 Å². The van der Waals surface area contributed by atoms with Crippen molar-refractivity contribution in [2.45, 2.75) is 57.2 Å². The Morgan fingerprint density at radius 2 is 2.14 bits per heavy atom. The Kier molecular flexibility index (Phi) is 5.35. The molecule has 0 spiro atoms. The number of aromatic nitrogens is 1. The summed E-state index contributed by atoms with van der Waals surface area (Å²) in [6, 6.07) is 6.51. The first-order valence-corrected chi connectivity index (χ1v) is 9.66. The van der Waals surface area contributed by atoms with Crippen LogP contribution in [0, 0.1) is 11.3 Å². The molecule has 148 valence electrons. The molecule has 0 aliphatic heterocycles. The van der Waals surface area contributed by atoms with Crippen LogP contribution in [0.5, 0.6) is 0 Å². The van der Waals surface area contributed by atoms with Gasteiger partial charge in [-0.05, 0) is 51.8 Å². The molecule has 3 rings (SSSR count). The monoisotopic (exact) mass is 448 g/mol. The average Bonchev–Trinajstić information content (AvgIpc) is 3.24. The van der Waals surface area contributed by atoms with E-state index >= 15 is 0 Å². The van der Waals surface area contributed by atoms with E-state index in [0.717, 1.165) is 4.47 Å². The Hall–Kier alpha value is -2.60. The number of fused-ring (bicyclic) bond motifs is 1. The van der Waals surface area contributed by atoms with E-state index in [4.69, 9.17) is 9.15 Å². The van der Waals surface area contributed by atoms with Gasteiger partial charge in [0.2, 0.25) is 5.91 Å². The maximum absolute atomic E-state index is 12.7. The smallest absolute Gasteiger partial charge is 0.408 e. The predicted molar refractivity (Wildman–Crippen MR) is 104 cm³/mol. The summed E-state index contributed by atoms with van der Waals surface area (Å²) in [5.41, 5.74) is -0.349. The fourth-order valence-corrected chi connectivity index (χ4v) is 2.92. The van der Waals surface area contributed by atoms with Gasteiger partial charge >= 0.3 is 6.09 Å². The molecule has 8 nitrogen and oxygen atoms in total. The van der Waals surface area contributed by atoms with E-state index in [0.29, 0.717) is 29.8 Å². The second-order valence-electron chi connectivity index (χ2n) is 7.81. The van der Waals surface area contributed by atoms with Crippen LogP contribution in [0.1, 0.15) is 39.5 Å². The maximum atomic E-state index is 12.7. The highest BCUT2D eigenvalue weighted by Gasteiger charge is 2.46. The van der Waals surface area contributed by atoms with E-state index in [1.165, 1.54) is 0 Å². The number of alkyl carbamates (subject to hydrolysis) is 1. The third-order valence-corrected chi connectivity index (χ3v) is 4.60. The number of carbonyl (C=O) groups excluding carboxylic acids is 2. The van der Waals surface area contributed by atoms with Gasteiger partial charge in [-0.15, -0.1) is 0 Å². The number of oxazole rings is 1. The van der Waals surface area contributed by atoms with Crippen LogP contribution in [-0.2, 0) is 16.0 Å². The summed E-state index contributed by atoms with van der Waals surface area (Å²) in [7, 11) is 0. The summed E-state index contributed by atoms with van der Waals surface area (Å²) in [6.07, 6.45) is 0.475. The molecule has 1 aromatic carbocycles. The topological polar surface area (TPSA) is 117 Å². The maximum Gasteiger partial charge on any atom is 0.408 e. The van der Waals surface area contributed by atoms with Crippen molar-refractivity contribution < 1.29 is 18.7 Å². The average molecular weight is 449 g/mol. The van der Waals surface area contributed by atoms with Crippen molar-refractivity contribution in [3.8, 4) is 6.07 Å². The zero-order chi connectivity index (χ0) is 20.5. The fourth-order valence-electron chi connectivity index (χ4n) is 2.58. The molecule has 1 atom stereocenters. The van der Waals surface area contributed by atoms with Crippen molar-refractivity contribution in [2.24, 2.45) is 0 Å². The summed E-state index contributed by atoms with van der Waals surface area (Å²) in [6.45, 7) is 5.19. The van der Waals surface area contributed by atoms with Gasteiger partial charge < -0.3 is 19.8 Å². The number of nitrogens with one attached hydrogen (secondary N) is 2. The minimum Gasteiger partial charge on any atom is -0.444 e. The molecule has 1 fully saturated rings. The minimum atomic E-state index is -0.989. The Morgan fingerprint density at radius 3 is 2.75 bits per heavy atom. The lowest BCUT2D eigenvalue weighted by atomic mass is 10.1. The van der Waals surface area contributed by atoms with Crippen LogP contribution in [0.2, 0.25) is 0 Å². The van der Waals surface area contributed by atoms with Gasteiger partial charge in [-0.2, -0.15) is 5.26 Å². The third kappa shape index (κ3) is 5.01. The highest BCUT2D eigenvalue weighted by molar-refractivity contribution is 9.10. The molecule has 1 unspecified atom stereocenters. The Bertz CT molecular complexity index is 953. The number of nitriles is 1. The number of nitrogens with zero attached hydrogens (tertiary/aromatic N) is 2. The number of hydrogen-bond acceptors (Lipinski definition) is 6. The van der Waals surface area contributed by atoms with E-state index in [-0.39, 0.29) is 6.42 Å². The lowest BCUT2D eigenvalue weighted by Crippen LogP contribution is -2.52. The van der Waals surface area contributed by atoms with Gasteiger partial charge in [-0.3, -0.25) is 4.79 Å². The van der Waals surface area contributed by atoms with E-state index in [9.17, 15) is 14.9 Å². The Balaban J connectivity index is 1.78. The van der Waals surface area contributed by atoms with Crippen molar-refractivity contribution in [2.75, 3.05) is 0 Å². The zero-order valence-corrected chi connectivity index (χ0v) is 17.4. The van der Waals surface area contributed by atoms with Crippen LogP contribution in [0.3, 0.4) is 0 Å². The number of hydrogen-bond donors (Lipinski definition) is 2. The van der Waals surface area contributed by atoms with E-state index in [1.807, 2.05) is 6.07 Å². The number of ether oxygens (including phenoxy) is 1. The summed E-state index contributed by atoms with van der Waals surface area (Å²) >= 11 is 3.37. The molecular formula is C19H21BrN4O4. The summed E-state index contributed by atoms with van der Waals surface area (Å²) in [5.74, 6) is -0.181. The lowest BCUT2D eigenvalue weighted by Gasteiger charge is -2.23. The van der Waals surface area contributed by atoms with Gasteiger partial charge in [0.25, 0.3) is 0 Å². The van der Waals surface area contributed by atoms with Gasteiger partial charge in [0.15, 0.2) is 11.5 Å². The Morgan fingerprint density at radius 1 is 1.43 bits per heavy atom. The number of rotatable bonds is 5. The molecule has 2 N–H and O–H groups in total. The van der Waals surface area contributed by atoms with Crippen molar-refractivity contribution in [3.63, 3.8) is 0 Å². The summed E-state index contributed by atoms with van der Waals surface area (Å²) in [4.78, 5) is 29.3. The van der Waals surface area contributed by atoms with Gasteiger partial charge in [0.05, 0.1) is 12.5 Å². The van der Waals surface area contributed by atoms with Crippen molar-refractivity contribution in [3.05, 3.63) is 28.6 Å². The second-order valence-corrected chi connectivity index (χ2v) is 8.72. The zero-order valence-electron chi connectivity index (χ0n) is 15.8. The molecule has 0 bridgehead atoms. The van der Waals surface area contributed by atoms with E-state index in [2.05, 4.69) is 37.6 Å². The van der Waals surface area contributed by atoms with E-state index in [1.54, 1.807) is 32.9 Å². The standard InChI is InChI=1S/C19H21BrN4O4/c1-18(2,3)28-17(26)23-13(16(25)24-19(10-21)6-7-19)9-15-22-12-5-4-11(20)8-14(12)27-15/h4-5,8,13H,6-7,9H2,1-3H3,(H,23,26)(H,24,25). The normalized spacial score (nSPS) is 16.1. The summed E-state index contributed by atoms with van der Waals surface area (Å²) in [5, 5.41) is 14.5. The summed E-state index contributed by atoms with van der Waals surface area (Å²) < 4.78 is 11.8. The number of halogens is 1. The highest BCUT2D eigenvalue weighted by atomic mass is 79.9. The largest absolute Gasteiger partial charge is 0.444 e. The van der Waals surface area contributed by atoms with Crippen molar-refractivity contribution >= 4 is 39.0 Å². The van der Waals surface area contributed by atoms with Crippen LogP contribution in [0.25, 0.3) is 11.1 Å². The number of amides is 2. The van der Waals surface area contributed by atoms with Crippen LogP contribution in [0.4, 0.5) is 4.79 Å². The van der Waals surface area contributed by atoms with Crippen molar-refractivity contribution in [1.29, 1.82) is 5.26 Å². The van der Waals surface area contributed by atoms with Crippen LogP contribution in [-0.4, -0.2) is 34.2 Å². The molecule has 2 aromatic rings. The van der Waals surface area contributed by atoms with Gasteiger partial charge in [-0.1, -0.05) is 15.9 Å². The molecule has 28 heavy (non-hydrogen) atoms. The lowest BCUT2D eigenvalue weighted by molar-refractivity contribution is -0.123. The van der Waals surface area contributed by atoms with Crippen molar-refractivity contribution in [1.82, 2.24) is 15.6 Å². The Labute approximate surface area is 170 Å².